The van der Waals surface area contributed by atoms with Crippen LogP contribution >= 0.6 is 0 Å². The van der Waals surface area contributed by atoms with E-state index in [0.29, 0.717) is 51.4 Å². The molecule has 0 saturated carbocycles. The molecule has 1 aromatic heterocycles. The zero-order valence-electron chi connectivity index (χ0n) is 18.2. The Balaban J connectivity index is 1.78. The van der Waals surface area contributed by atoms with Crippen molar-refractivity contribution in [3.63, 3.8) is 0 Å². The highest BCUT2D eigenvalue weighted by Gasteiger charge is 2.19. The van der Waals surface area contributed by atoms with Crippen LogP contribution in [0.4, 0.5) is 0 Å². The molecule has 0 unspecified atom stereocenters. The zero-order chi connectivity index (χ0) is 21.1. The molecule has 2 rings (SSSR count). The van der Waals surface area contributed by atoms with Gasteiger partial charge in [-0.05, 0) is 18.1 Å². The summed E-state index contributed by atoms with van der Waals surface area (Å²) in [4.78, 5) is 8.59. The van der Waals surface area contributed by atoms with E-state index >= 15 is 0 Å². The number of aromatic nitrogens is 1. The summed E-state index contributed by atoms with van der Waals surface area (Å²) in [6.07, 6.45) is 1.79. The fourth-order valence-electron chi connectivity index (χ4n) is 2.59. The normalized spacial score (nSPS) is 12.2. The number of rotatable bonds is 10. The molecule has 1 heterocycles. The number of nitrogens with one attached hydrogen (secondary N) is 2. The first-order chi connectivity index (χ1) is 13.9. The van der Waals surface area contributed by atoms with Crippen LogP contribution in [0.15, 0.2) is 39.9 Å². The Bertz CT molecular complexity index is 765. The third kappa shape index (κ3) is 8.25. The van der Waals surface area contributed by atoms with Gasteiger partial charge in [0.15, 0.2) is 5.96 Å². The predicted molar refractivity (Wildman–Crippen MR) is 115 cm³/mol. The number of ether oxygens (including phenoxy) is 2. The highest BCUT2D eigenvalue weighted by atomic mass is 16.5. The summed E-state index contributed by atoms with van der Waals surface area (Å²) in [5, 5.41) is 6.55. The average Bonchev–Trinajstić information content (AvgIpc) is 3.18. The highest BCUT2D eigenvalue weighted by molar-refractivity contribution is 5.79. The van der Waals surface area contributed by atoms with Crippen molar-refractivity contribution in [2.24, 2.45) is 4.99 Å². The van der Waals surface area contributed by atoms with Crippen molar-refractivity contribution in [1.29, 1.82) is 0 Å². The van der Waals surface area contributed by atoms with Gasteiger partial charge in [0.1, 0.15) is 5.76 Å². The monoisotopic (exact) mass is 402 g/mol. The summed E-state index contributed by atoms with van der Waals surface area (Å²) in [6, 6.07) is 8.31. The van der Waals surface area contributed by atoms with E-state index in [4.69, 9.17) is 13.9 Å². The van der Waals surface area contributed by atoms with Gasteiger partial charge in [0.05, 0.1) is 32.6 Å². The number of hydrogen-bond donors (Lipinski definition) is 2. The molecular weight excluding hydrogens is 368 g/mol. The molecule has 2 N–H and O–H groups in total. The minimum Gasteiger partial charge on any atom is -0.443 e. The second kappa shape index (κ2) is 11.6. The molecule has 1 aromatic carbocycles. The molecule has 0 saturated heterocycles. The van der Waals surface area contributed by atoms with E-state index in [0.717, 1.165) is 16.9 Å². The lowest BCUT2D eigenvalue weighted by molar-refractivity contribution is 0.0453. The van der Waals surface area contributed by atoms with Crippen LogP contribution in [0.2, 0.25) is 0 Å². The van der Waals surface area contributed by atoms with Crippen molar-refractivity contribution in [3.05, 3.63) is 53.2 Å². The van der Waals surface area contributed by atoms with Crippen molar-refractivity contribution in [2.75, 3.05) is 26.9 Å². The fourth-order valence-corrected chi connectivity index (χ4v) is 2.59. The van der Waals surface area contributed by atoms with Gasteiger partial charge in [-0.2, -0.15) is 0 Å². The van der Waals surface area contributed by atoms with Crippen LogP contribution in [0.1, 0.15) is 50.5 Å². The number of hydrogen-bond acceptors (Lipinski definition) is 5. The second-order valence-electron chi connectivity index (χ2n) is 7.72. The number of nitrogens with zero attached hydrogens (tertiary/aromatic N) is 2. The van der Waals surface area contributed by atoms with Crippen molar-refractivity contribution in [1.82, 2.24) is 15.6 Å². The number of oxazole rings is 1. The highest BCUT2D eigenvalue weighted by Crippen LogP contribution is 2.22. The Morgan fingerprint density at radius 2 is 1.83 bits per heavy atom. The van der Waals surface area contributed by atoms with E-state index in [2.05, 4.69) is 59.6 Å². The maximum atomic E-state index is 5.80. The van der Waals surface area contributed by atoms with Crippen LogP contribution in [0, 0.1) is 0 Å². The second-order valence-corrected chi connectivity index (χ2v) is 7.72. The van der Waals surface area contributed by atoms with Crippen LogP contribution in [0.5, 0.6) is 0 Å². The Morgan fingerprint density at radius 3 is 2.52 bits per heavy atom. The molecule has 0 atom stereocenters. The Hall–Kier alpha value is -2.38. The summed E-state index contributed by atoms with van der Waals surface area (Å²) in [5.74, 6) is 2.21. The van der Waals surface area contributed by atoms with Gasteiger partial charge >= 0.3 is 0 Å². The molecule has 0 radical (unpaired) electrons. The molecule has 0 aliphatic rings. The van der Waals surface area contributed by atoms with E-state index in [1.165, 1.54) is 0 Å². The number of aliphatic imine (C=N–C) groups is 1. The lowest BCUT2D eigenvalue weighted by Crippen LogP contribution is -2.36. The topological polar surface area (TPSA) is 80.9 Å². The summed E-state index contributed by atoms with van der Waals surface area (Å²) < 4.78 is 16.7. The number of benzene rings is 1. The summed E-state index contributed by atoms with van der Waals surface area (Å²) >= 11 is 0. The van der Waals surface area contributed by atoms with Crippen molar-refractivity contribution in [2.45, 2.75) is 52.8 Å². The van der Waals surface area contributed by atoms with E-state index in [-0.39, 0.29) is 5.41 Å². The van der Waals surface area contributed by atoms with Gasteiger partial charge in [-0.1, -0.05) is 45.0 Å². The van der Waals surface area contributed by atoms with E-state index in [1.54, 1.807) is 13.2 Å². The van der Waals surface area contributed by atoms with Gasteiger partial charge in [0.2, 0.25) is 5.89 Å². The fraction of sp³-hybridized carbons (Fsp3) is 0.545. The van der Waals surface area contributed by atoms with Gasteiger partial charge in [-0.15, -0.1) is 0 Å². The van der Waals surface area contributed by atoms with E-state index in [9.17, 15) is 0 Å². The molecule has 2 aromatic rings. The van der Waals surface area contributed by atoms with Crippen LogP contribution in [-0.2, 0) is 34.6 Å². The van der Waals surface area contributed by atoms with Gasteiger partial charge in [0.25, 0.3) is 0 Å². The molecule has 160 valence electrons. The zero-order valence-corrected chi connectivity index (χ0v) is 18.2. The predicted octanol–water partition coefficient (Wildman–Crippen LogP) is 3.39. The molecule has 0 spiro atoms. The Labute approximate surface area is 173 Å². The minimum absolute atomic E-state index is 0.0526. The van der Waals surface area contributed by atoms with Crippen molar-refractivity contribution < 1.29 is 13.9 Å². The maximum absolute atomic E-state index is 5.80. The standard InChI is InChI=1S/C22H34N4O3/c1-6-27-10-11-28-16-18-9-7-8-17(12-18)13-25-21(23-5)26-15-20-24-14-19(29-20)22(2,3)4/h7-9,12,14H,6,10-11,13,15-16H2,1-5H3,(H2,23,25,26). The number of guanidine groups is 1. The van der Waals surface area contributed by atoms with Gasteiger partial charge in [-0.25, -0.2) is 4.98 Å². The first kappa shape index (κ1) is 22.9. The molecular formula is C22H34N4O3. The lowest BCUT2D eigenvalue weighted by Gasteiger charge is -2.13. The molecule has 0 fully saturated rings. The molecule has 0 amide bonds. The molecule has 0 aliphatic heterocycles. The largest absolute Gasteiger partial charge is 0.443 e. The SMILES string of the molecule is CCOCCOCc1cccc(CNC(=NC)NCc2ncc(C(C)(C)C)o2)c1. The average molecular weight is 403 g/mol. The third-order valence-electron chi connectivity index (χ3n) is 4.22. The lowest BCUT2D eigenvalue weighted by atomic mass is 9.94. The first-order valence-electron chi connectivity index (χ1n) is 10.1. The third-order valence-corrected chi connectivity index (χ3v) is 4.22. The van der Waals surface area contributed by atoms with Crippen LogP contribution < -0.4 is 10.6 Å². The van der Waals surface area contributed by atoms with Gasteiger partial charge < -0.3 is 24.5 Å². The molecule has 7 heteroatoms. The van der Waals surface area contributed by atoms with Crippen LogP contribution in [0.25, 0.3) is 0 Å². The molecule has 7 nitrogen and oxygen atoms in total. The Kier molecular flexibility index (Phi) is 9.15. The molecule has 0 aliphatic carbocycles. The minimum atomic E-state index is -0.0526. The summed E-state index contributed by atoms with van der Waals surface area (Å²) in [7, 11) is 1.74. The molecule has 0 bridgehead atoms. The smallest absolute Gasteiger partial charge is 0.213 e. The van der Waals surface area contributed by atoms with Crippen LogP contribution in [0.3, 0.4) is 0 Å². The maximum Gasteiger partial charge on any atom is 0.213 e. The molecule has 29 heavy (non-hydrogen) atoms. The van der Waals surface area contributed by atoms with Crippen molar-refractivity contribution in [3.8, 4) is 0 Å². The van der Waals surface area contributed by atoms with E-state index in [1.807, 2.05) is 13.0 Å². The summed E-state index contributed by atoms with van der Waals surface area (Å²) in [6.45, 7) is 11.9. The summed E-state index contributed by atoms with van der Waals surface area (Å²) in [5.41, 5.74) is 2.24. The van der Waals surface area contributed by atoms with Crippen LogP contribution in [-0.4, -0.2) is 37.8 Å². The van der Waals surface area contributed by atoms with Crippen molar-refractivity contribution >= 4 is 5.96 Å². The first-order valence-corrected chi connectivity index (χ1v) is 10.1. The quantitative estimate of drug-likeness (QED) is 0.360. The Morgan fingerprint density at radius 1 is 1.10 bits per heavy atom. The van der Waals surface area contributed by atoms with Gasteiger partial charge in [0, 0.05) is 25.6 Å². The van der Waals surface area contributed by atoms with E-state index < -0.39 is 0 Å². The van der Waals surface area contributed by atoms with Gasteiger partial charge in [-0.3, -0.25) is 4.99 Å².